The summed E-state index contributed by atoms with van der Waals surface area (Å²) < 4.78 is 30.7. The molecule has 22 heavy (non-hydrogen) atoms. The van der Waals surface area contributed by atoms with Crippen molar-refractivity contribution in [3.63, 3.8) is 0 Å². The van der Waals surface area contributed by atoms with E-state index in [9.17, 15) is 8.42 Å². The molecule has 2 aromatic rings. The Hall–Kier alpha value is -2.36. The van der Waals surface area contributed by atoms with E-state index in [4.69, 9.17) is 22.5 Å². The highest BCUT2D eigenvalue weighted by Gasteiger charge is 2.08. The first-order chi connectivity index (χ1) is 10.3. The molecule has 0 saturated heterocycles. The van der Waals surface area contributed by atoms with Crippen molar-refractivity contribution in [2.75, 3.05) is 16.5 Å². The van der Waals surface area contributed by atoms with E-state index in [0.29, 0.717) is 16.5 Å². The normalized spacial score (nSPS) is 10.8. The monoisotopic (exact) mass is 338 g/mol. The molecule has 0 heterocycles. The molecule has 0 spiro atoms. The third-order valence-electron chi connectivity index (χ3n) is 2.62. The summed E-state index contributed by atoms with van der Waals surface area (Å²) in [5, 5.41) is 3.24. The van der Waals surface area contributed by atoms with Crippen LogP contribution in [0.3, 0.4) is 0 Å². The van der Waals surface area contributed by atoms with Gasteiger partial charge in [0, 0.05) is 11.4 Å². The van der Waals surface area contributed by atoms with Crippen LogP contribution in [0.2, 0.25) is 0 Å². The van der Waals surface area contributed by atoms with E-state index >= 15 is 0 Å². The minimum absolute atomic E-state index is 0.182. The van der Waals surface area contributed by atoms with E-state index in [1.165, 1.54) is 24.3 Å². The molecule has 9 heteroatoms. The summed E-state index contributed by atoms with van der Waals surface area (Å²) in [5.41, 5.74) is 13.1. The van der Waals surface area contributed by atoms with Gasteiger partial charge in [-0.25, -0.2) is 0 Å². The Kier molecular flexibility index (Phi) is 4.81. The first-order valence-electron chi connectivity index (χ1n) is 6.11. The number of nitrogen functional groups attached to an aromatic ring is 1. The van der Waals surface area contributed by atoms with Crippen LogP contribution in [0.4, 0.5) is 17.1 Å². The van der Waals surface area contributed by atoms with Gasteiger partial charge in [-0.3, -0.25) is 15.4 Å². The Balaban J connectivity index is 1.91. The van der Waals surface area contributed by atoms with Crippen LogP contribution in [0.25, 0.3) is 0 Å². The highest BCUT2D eigenvalue weighted by Crippen LogP contribution is 2.13. The topological polar surface area (TPSA) is 116 Å². The maximum absolute atomic E-state index is 10.9. The first kappa shape index (κ1) is 16.0. The van der Waals surface area contributed by atoms with Crippen LogP contribution < -0.4 is 21.9 Å². The minimum atomic E-state index is -4.19. The molecule has 0 amide bonds. The predicted molar refractivity (Wildman–Crippen MR) is 90.1 cm³/mol. The average molecular weight is 338 g/mol. The minimum Gasteiger partial charge on any atom is -0.399 e. The van der Waals surface area contributed by atoms with E-state index in [2.05, 4.69) is 16.2 Å². The summed E-state index contributed by atoms with van der Waals surface area (Å²) in [6.07, 6.45) is 0. The van der Waals surface area contributed by atoms with Crippen LogP contribution in [0, 0.1) is 0 Å². The maximum Gasteiger partial charge on any atom is 0.294 e. The largest absolute Gasteiger partial charge is 0.399 e. The van der Waals surface area contributed by atoms with Crippen LogP contribution in [0.15, 0.2) is 53.4 Å². The van der Waals surface area contributed by atoms with E-state index in [-0.39, 0.29) is 4.90 Å². The summed E-state index contributed by atoms with van der Waals surface area (Å²) in [6.45, 7) is 0. The number of hydrazine groups is 1. The molecule has 0 saturated carbocycles. The Morgan fingerprint density at radius 2 is 1.77 bits per heavy atom. The van der Waals surface area contributed by atoms with Crippen molar-refractivity contribution in [1.29, 1.82) is 0 Å². The summed E-state index contributed by atoms with van der Waals surface area (Å²) in [6, 6.07) is 12.6. The van der Waals surface area contributed by atoms with Gasteiger partial charge in [0.1, 0.15) is 0 Å². The predicted octanol–water partition coefficient (Wildman–Crippen LogP) is 1.83. The maximum atomic E-state index is 10.9. The fourth-order valence-electron chi connectivity index (χ4n) is 1.62. The Morgan fingerprint density at radius 1 is 1.09 bits per heavy atom. The second-order valence-corrected chi connectivity index (χ2v) is 6.16. The third kappa shape index (κ3) is 4.58. The summed E-state index contributed by atoms with van der Waals surface area (Å²) >= 11 is 5.10. The van der Waals surface area contributed by atoms with Gasteiger partial charge in [0.2, 0.25) is 0 Å². The molecule has 0 unspecified atom stereocenters. The van der Waals surface area contributed by atoms with Crippen LogP contribution in [0.5, 0.6) is 0 Å². The van der Waals surface area contributed by atoms with Crippen LogP contribution >= 0.6 is 12.2 Å². The number of nitrogens with two attached hydrogens (primary N) is 1. The number of hydrogen-bond donors (Lipinski definition) is 5. The lowest BCUT2D eigenvalue weighted by molar-refractivity contribution is 0.483. The summed E-state index contributed by atoms with van der Waals surface area (Å²) in [7, 11) is -4.19. The number of benzene rings is 2. The number of rotatable bonds is 4. The van der Waals surface area contributed by atoms with Crippen molar-refractivity contribution in [1.82, 2.24) is 5.43 Å². The zero-order valence-electron chi connectivity index (χ0n) is 11.3. The lowest BCUT2D eigenvalue weighted by Crippen LogP contribution is -2.33. The second-order valence-electron chi connectivity index (χ2n) is 4.33. The van der Waals surface area contributed by atoms with Gasteiger partial charge in [0.05, 0.1) is 10.6 Å². The van der Waals surface area contributed by atoms with Crippen LogP contribution in [0.1, 0.15) is 0 Å². The van der Waals surface area contributed by atoms with Crippen molar-refractivity contribution < 1.29 is 13.0 Å². The number of thiocarbonyl (C=S) groups is 1. The standard InChI is InChI=1S/C13H14N4O3S2/c14-9-2-1-3-11(8-9)15-13(21)17-16-10-4-6-12(7-5-10)22(18,19)20/h1-8,16H,14H2,(H2,15,17,21)(H,18,19,20). The van der Waals surface area contributed by atoms with Gasteiger partial charge in [-0.1, -0.05) is 6.07 Å². The van der Waals surface area contributed by atoms with Crippen molar-refractivity contribution in [2.24, 2.45) is 0 Å². The van der Waals surface area contributed by atoms with Gasteiger partial charge in [0.25, 0.3) is 10.1 Å². The second kappa shape index (κ2) is 6.60. The molecule has 2 aromatic carbocycles. The highest BCUT2D eigenvalue weighted by atomic mass is 32.2. The van der Waals surface area contributed by atoms with Crippen molar-refractivity contribution in [3.8, 4) is 0 Å². The Morgan fingerprint density at radius 3 is 2.36 bits per heavy atom. The molecule has 7 nitrogen and oxygen atoms in total. The molecule has 0 radical (unpaired) electrons. The summed E-state index contributed by atoms with van der Waals surface area (Å²) in [4.78, 5) is -0.182. The van der Waals surface area contributed by atoms with E-state index in [1.54, 1.807) is 18.2 Å². The van der Waals surface area contributed by atoms with Crippen LogP contribution in [-0.2, 0) is 10.1 Å². The summed E-state index contributed by atoms with van der Waals surface area (Å²) in [5.74, 6) is 0. The molecule has 0 bridgehead atoms. The molecule has 0 aromatic heterocycles. The number of hydrogen-bond acceptors (Lipinski definition) is 5. The van der Waals surface area contributed by atoms with E-state index in [0.717, 1.165) is 5.69 Å². The van der Waals surface area contributed by atoms with Gasteiger partial charge in [-0.2, -0.15) is 8.42 Å². The average Bonchev–Trinajstić information content (AvgIpc) is 2.45. The van der Waals surface area contributed by atoms with Gasteiger partial charge in [0.15, 0.2) is 5.11 Å². The fourth-order valence-corrected chi connectivity index (χ4v) is 2.27. The molecule has 0 fully saturated rings. The van der Waals surface area contributed by atoms with E-state index in [1.807, 2.05) is 6.07 Å². The van der Waals surface area contributed by atoms with Crippen molar-refractivity contribution in [3.05, 3.63) is 48.5 Å². The first-order valence-corrected chi connectivity index (χ1v) is 7.95. The quantitative estimate of drug-likeness (QED) is 0.248. The lowest BCUT2D eigenvalue weighted by Gasteiger charge is -2.13. The molecular weight excluding hydrogens is 324 g/mol. The van der Waals surface area contributed by atoms with Gasteiger partial charge >= 0.3 is 0 Å². The molecule has 0 aliphatic carbocycles. The molecule has 0 aliphatic rings. The Bertz CT molecular complexity index is 776. The number of nitrogens with one attached hydrogen (secondary N) is 3. The zero-order chi connectivity index (χ0) is 16.2. The third-order valence-corrected chi connectivity index (χ3v) is 3.69. The molecule has 6 N–H and O–H groups in total. The smallest absolute Gasteiger partial charge is 0.294 e. The molecule has 116 valence electrons. The van der Waals surface area contributed by atoms with Gasteiger partial charge < -0.3 is 11.1 Å². The van der Waals surface area contributed by atoms with E-state index < -0.39 is 10.1 Å². The van der Waals surface area contributed by atoms with Crippen LogP contribution in [-0.4, -0.2) is 18.1 Å². The molecular formula is C13H14N4O3S2. The number of anilines is 3. The molecule has 2 rings (SSSR count). The fraction of sp³-hybridized carbons (Fsp3) is 0. The van der Waals surface area contributed by atoms with Gasteiger partial charge in [-0.05, 0) is 54.7 Å². The van der Waals surface area contributed by atoms with Crippen molar-refractivity contribution >= 4 is 44.5 Å². The SMILES string of the molecule is Nc1cccc(NC(=S)NNc2ccc(S(=O)(=O)O)cc2)c1. The van der Waals surface area contributed by atoms with Crippen molar-refractivity contribution in [2.45, 2.75) is 4.90 Å². The molecule has 0 aliphatic heterocycles. The van der Waals surface area contributed by atoms with Gasteiger partial charge in [-0.15, -0.1) is 0 Å². The lowest BCUT2D eigenvalue weighted by atomic mass is 10.3. The highest BCUT2D eigenvalue weighted by molar-refractivity contribution is 7.85. The Labute approximate surface area is 133 Å². The zero-order valence-corrected chi connectivity index (χ0v) is 12.9. The molecule has 0 atom stereocenters.